The largest absolute Gasteiger partial charge is 0.380 e. The summed E-state index contributed by atoms with van der Waals surface area (Å²) in [6.45, 7) is 0.907. The first-order valence-electron chi connectivity index (χ1n) is 6.51. The minimum absolute atomic E-state index is 0.190. The molecule has 7 nitrogen and oxygen atoms in total. The van der Waals surface area contributed by atoms with E-state index in [-0.39, 0.29) is 5.56 Å². The molecule has 0 saturated heterocycles. The summed E-state index contributed by atoms with van der Waals surface area (Å²) in [5, 5.41) is 12.5. The average molecular weight is 285 g/mol. The SMILES string of the molecule is COCc1cccc(Cn2nnc3c(cnn3C)c2=O)c1. The van der Waals surface area contributed by atoms with Crippen molar-refractivity contribution in [2.24, 2.45) is 7.05 Å². The molecule has 3 aromatic rings. The Kier molecular flexibility index (Phi) is 3.49. The van der Waals surface area contributed by atoms with Crippen LogP contribution in [0, 0.1) is 0 Å². The van der Waals surface area contributed by atoms with Gasteiger partial charge in [-0.1, -0.05) is 29.5 Å². The molecule has 0 fully saturated rings. The van der Waals surface area contributed by atoms with E-state index in [0.717, 1.165) is 11.1 Å². The second-order valence-corrected chi connectivity index (χ2v) is 4.81. The van der Waals surface area contributed by atoms with Gasteiger partial charge in [-0.3, -0.25) is 4.79 Å². The second-order valence-electron chi connectivity index (χ2n) is 4.81. The first-order chi connectivity index (χ1) is 10.2. The van der Waals surface area contributed by atoms with Crippen LogP contribution in [-0.2, 0) is 24.9 Å². The fraction of sp³-hybridized carbons (Fsp3) is 0.286. The van der Waals surface area contributed by atoms with Gasteiger partial charge in [-0.05, 0) is 11.1 Å². The number of hydrogen-bond donors (Lipinski definition) is 0. The van der Waals surface area contributed by atoms with Crippen LogP contribution in [0.1, 0.15) is 11.1 Å². The first kappa shape index (κ1) is 13.4. The fourth-order valence-corrected chi connectivity index (χ4v) is 2.24. The number of hydrogen-bond acceptors (Lipinski definition) is 5. The van der Waals surface area contributed by atoms with Crippen LogP contribution in [0.3, 0.4) is 0 Å². The Labute approximate surface area is 120 Å². The lowest BCUT2D eigenvalue weighted by atomic mass is 10.1. The molecule has 0 aliphatic heterocycles. The minimum Gasteiger partial charge on any atom is -0.380 e. The minimum atomic E-state index is -0.190. The summed E-state index contributed by atoms with van der Waals surface area (Å²) in [4.78, 5) is 12.3. The van der Waals surface area contributed by atoms with Crippen molar-refractivity contribution in [2.45, 2.75) is 13.2 Å². The van der Waals surface area contributed by atoms with Crippen molar-refractivity contribution in [3.63, 3.8) is 0 Å². The first-order valence-corrected chi connectivity index (χ1v) is 6.51. The van der Waals surface area contributed by atoms with Crippen molar-refractivity contribution < 1.29 is 4.74 Å². The number of aromatic nitrogens is 5. The molecule has 108 valence electrons. The van der Waals surface area contributed by atoms with E-state index in [4.69, 9.17) is 4.74 Å². The molecule has 0 amide bonds. The predicted molar refractivity (Wildman–Crippen MR) is 76.8 cm³/mol. The number of fused-ring (bicyclic) bond motifs is 1. The topological polar surface area (TPSA) is 74.8 Å². The molecule has 0 saturated carbocycles. The maximum atomic E-state index is 12.3. The van der Waals surface area contributed by atoms with Gasteiger partial charge in [0.15, 0.2) is 5.65 Å². The van der Waals surface area contributed by atoms with Gasteiger partial charge in [-0.2, -0.15) is 5.10 Å². The van der Waals surface area contributed by atoms with E-state index in [2.05, 4.69) is 15.4 Å². The summed E-state index contributed by atoms with van der Waals surface area (Å²) < 4.78 is 7.99. The van der Waals surface area contributed by atoms with Gasteiger partial charge in [-0.15, -0.1) is 5.10 Å². The number of nitrogens with zero attached hydrogens (tertiary/aromatic N) is 5. The molecule has 0 unspecified atom stereocenters. The molecule has 2 heterocycles. The Morgan fingerprint density at radius 1 is 1.29 bits per heavy atom. The van der Waals surface area contributed by atoms with Crippen molar-refractivity contribution >= 4 is 11.0 Å². The van der Waals surface area contributed by atoms with Gasteiger partial charge in [0, 0.05) is 14.2 Å². The molecule has 0 spiro atoms. The molecular weight excluding hydrogens is 270 g/mol. The lowest BCUT2D eigenvalue weighted by molar-refractivity contribution is 0.185. The van der Waals surface area contributed by atoms with Gasteiger partial charge in [0.25, 0.3) is 5.56 Å². The van der Waals surface area contributed by atoms with Crippen molar-refractivity contribution in [1.82, 2.24) is 24.8 Å². The van der Waals surface area contributed by atoms with Gasteiger partial charge in [0.1, 0.15) is 5.39 Å². The molecular formula is C14H15N5O2. The summed E-state index contributed by atoms with van der Waals surface area (Å²) >= 11 is 0. The number of aryl methyl sites for hydroxylation is 1. The lowest BCUT2D eigenvalue weighted by Crippen LogP contribution is -2.24. The third-order valence-electron chi connectivity index (χ3n) is 3.25. The quantitative estimate of drug-likeness (QED) is 0.706. The highest BCUT2D eigenvalue weighted by atomic mass is 16.5. The molecule has 0 radical (unpaired) electrons. The van der Waals surface area contributed by atoms with E-state index in [1.807, 2.05) is 24.3 Å². The van der Waals surface area contributed by atoms with Crippen LogP contribution < -0.4 is 5.56 Å². The third-order valence-corrected chi connectivity index (χ3v) is 3.25. The van der Waals surface area contributed by atoms with Crippen LogP contribution in [0.25, 0.3) is 11.0 Å². The predicted octanol–water partition coefficient (Wildman–Crippen LogP) is 0.720. The summed E-state index contributed by atoms with van der Waals surface area (Å²) in [6, 6.07) is 7.85. The Hall–Kier alpha value is -2.54. The maximum absolute atomic E-state index is 12.3. The molecule has 0 aliphatic rings. The van der Waals surface area contributed by atoms with Crippen molar-refractivity contribution in [3.05, 3.63) is 51.9 Å². The molecule has 0 aliphatic carbocycles. The van der Waals surface area contributed by atoms with Crippen LogP contribution in [0.4, 0.5) is 0 Å². The van der Waals surface area contributed by atoms with Crippen LogP contribution in [-0.4, -0.2) is 31.9 Å². The second kappa shape index (κ2) is 5.45. The number of rotatable bonds is 4. The highest BCUT2D eigenvalue weighted by Crippen LogP contribution is 2.08. The van der Waals surface area contributed by atoms with Gasteiger partial charge in [0.2, 0.25) is 0 Å². The van der Waals surface area contributed by atoms with Crippen molar-refractivity contribution in [1.29, 1.82) is 0 Å². The monoisotopic (exact) mass is 285 g/mol. The zero-order valence-corrected chi connectivity index (χ0v) is 11.9. The molecule has 0 atom stereocenters. The molecule has 21 heavy (non-hydrogen) atoms. The van der Waals surface area contributed by atoms with E-state index in [0.29, 0.717) is 24.2 Å². The zero-order chi connectivity index (χ0) is 14.8. The van der Waals surface area contributed by atoms with E-state index in [1.54, 1.807) is 14.2 Å². The fourth-order valence-electron chi connectivity index (χ4n) is 2.24. The Balaban J connectivity index is 1.96. The average Bonchev–Trinajstić information content (AvgIpc) is 2.85. The standard InChI is InChI=1S/C14H15N5O2/c1-18-13-12(7-15-18)14(20)19(17-16-13)8-10-4-3-5-11(6-10)9-21-2/h3-7H,8-9H2,1-2H3. The highest BCUT2D eigenvalue weighted by molar-refractivity contribution is 5.72. The Morgan fingerprint density at radius 3 is 2.90 bits per heavy atom. The summed E-state index contributed by atoms with van der Waals surface area (Å²) in [7, 11) is 3.38. The number of methoxy groups -OCH3 is 1. The summed E-state index contributed by atoms with van der Waals surface area (Å²) in [5.74, 6) is 0. The molecule has 2 aromatic heterocycles. The molecule has 1 aromatic carbocycles. The smallest absolute Gasteiger partial charge is 0.281 e. The van der Waals surface area contributed by atoms with E-state index >= 15 is 0 Å². The molecule has 0 bridgehead atoms. The van der Waals surface area contributed by atoms with E-state index in [9.17, 15) is 4.79 Å². The molecule has 7 heteroatoms. The van der Waals surface area contributed by atoms with E-state index in [1.165, 1.54) is 15.6 Å². The Bertz CT molecular complexity index is 837. The maximum Gasteiger partial charge on any atom is 0.281 e. The molecule has 3 rings (SSSR count). The van der Waals surface area contributed by atoms with E-state index < -0.39 is 0 Å². The van der Waals surface area contributed by atoms with Gasteiger partial charge >= 0.3 is 0 Å². The lowest BCUT2D eigenvalue weighted by Gasteiger charge is -2.06. The van der Waals surface area contributed by atoms with Crippen LogP contribution in [0.2, 0.25) is 0 Å². The van der Waals surface area contributed by atoms with Crippen LogP contribution in [0.15, 0.2) is 35.3 Å². The van der Waals surface area contributed by atoms with Crippen LogP contribution in [0.5, 0.6) is 0 Å². The summed E-state index contributed by atoms with van der Waals surface area (Å²) in [5.41, 5.74) is 2.33. The highest BCUT2D eigenvalue weighted by Gasteiger charge is 2.09. The molecule has 0 N–H and O–H groups in total. The van der Waals surface area contributed by atoms with Crippen molar-refractivity contribution in [3.8, 4) is 0 Å². The van der Waals surface area contributed by atoms with Gasteiger partial charge in [-0.25, -0.2) is 9.36 Å². The van der Waals surface area contributed by atoms with Crippen LogP contribution >= 0.6 is 0 Å². The number of ether oxygens (including phenoxy) is 1. The van der Waals surface area contributed by atoms with Crippen molar-refractivity contribution in [2.75, 3.05) is 7.11 Å². The zero-order valence-electron chi connectivity index (χ0n) is 11.9. The number of benzene rings is 1. The van der Waals surface area contributed by atoms with Gasteiger partial charge in [0.05, 0.1) is 19.3 Å². The van der Waals surface area contributed by atoms with Gasteiger partial charge < -0.3 is 4.74 Å². The Morgan fingerprint density at radius 2 is 2.10 bits per heavy atom. The normalized spacial score (nSPS) is 11.1. The summed E-state index contributed by atoms with van der Waals surface area (Å²) in [6.07, 6.45) is 1.52. The third kappa shape index (κ3) is 2.55.